The normalized spacial score (nSPS) is 31.2. The summed E-state index contributed by atoms with van der Waals surface area (Å²) in [5.74, 6) is -2.58. The van der Waals surface area contributed by atoms with Gasteiger partial charge in [0.1, 0.15) is 18.0 Å². The van der Waals surface area contributed by atoms with E-state index in [2.05, 4.69) is 16.9 Å². The van der Waals surface area contributed by atoms with Crippen LogP contribution in [0.2, 0.25) is 0 Å². The highest BCUT2D eigenvalue weighted by molar-refractivity contribution is 8.00. The maximum atomic E-state index is 14.4. The Morgan fingerprint density at radius 1 is 1.23 bits per heavy atom. The summed E-state index contributed by atoms with van der Waals surface area (Å²) in [5.41, 5.74) is -0.266. The van der Waals surface area contributed by atoms with Crippen molar-refractivity contribution in [1.82, 2.24) is 15.2 Å². The first-order chi connectivity index (χ1) is 25.1. The van der Waals surface area contributed by atoms with Gasteiger partial charge < -0.3 is 24.6 Å². The third-order valence-electron chi connectivity index (χ3n) is 11.1. The Balaban J connectivity index is 1.38. The number of thioether (sulfide) groups is 1. The topological polar surface area (TPSA) is 165 Å². The molecule has 0 saturated carbocycles. The molecule has 12 nitrogen and oxygen atoms in total. The molecule has 3 unspecified atom stereocenters. The molecule has 0 radical (unpaired) electrons. The summed E-state index contributed by atoms with van der Waals surface area (Å²) in [6, 6.07) is 5.83. The van der Waals surface area contributed by atoms with Crippen LogP contribution in [0, 0.1) is 24.2 Å². The van der Waals surface area contributed by atoms with Crippen LogP contribution < -0.4 is 5.32 Å². The van der Waals surface area contributed by atoms with Crippen molar-refractivity contribution in [1.29, 1.82) is 0 Å². The first-order valence-corrected chi connectivity index (χ1v) is 20.6. The van der Waals surface area contributed by atoms with Gasteiger partial charge in [0, 0.05) is 31.8 Å². The van der Waals surface area contributed by atoms with Gasteiger partial charge in [-0.05, 0) is 83.2 Å². The van der Waals surface area contributed by atoms with Gasteiger partial charge in [0.15, 0.2) is 0 Å². The van der Waals surface area contributed by atoms with E-state index in [1.54, 1.807) is 37.5 Å². The van der Waals surface area contributed by atoms with Crippen LogP contribution in [0.3, 0.4) is 0 Å². The number of Topliss-reactive ketones (excluding diaryl/α,β-unsaturated/α-hetero) is 1. The molecule has 1 aromatic heterocycles. The third kappa shape index (κ3) is 9.49. The van der Waals surface area contributed by atoms with Crippen molar-refractivity contribution >= 4 is 63.0 Å². The van der Waals surface area contributed by atoms with E-state index >= 15 is 0 Å². The highest BCUT2D eigenvalue weighted by atomic mass is 32.2. The number of aryl methyl sites for hydroxylation is 1. The second-order valence-electron chi connectivity index (χ2n) is 15.4. The lowest BCUT2D eigenvalue weighted by Gasteiger charge is -2.37. The Morgan fingerprint density at radius 3 is 2.68 bits per heavy atom. The number of allylic oxidation sites excluding steroid dienone is 1. The number of thiazole rings is 1. The predicted molar refractivity (Wildman–Crippen MR) is 203 cm³/mol. The number of aromatic nitrogens is 1. The number of aliphatic hydroxyl groups excluding tert-OH is 1. The van der Waals surface area contributed by atoms with E-state index in [4.69, 9.17) is 14.2 Å². The number of rotatable bonds is 9. The first kappa shape index (κ1) is 40.8. The molecule has 2 N–H and O–H groups in total. The Labute approximate surface area is 319 Å². The minimum atomic E-state index is -1.42. The van der Waals surface area contributed by atoms with Crippen molar-refractivity contribution in [3.8, 4) is 0 Å². The lowest BCUT2D eigenvalue weighted by atomic mass is 9.71. The average molecular weight is 772 g/mol. The monoisotopic (exact) mass is 771 g/mol. The average Bonchev–Trinajstić information content (AvgIpc) is 3.43. The Bertz CT molecular complexity index is 1710. The molecule has 8 atom stereocenters. The predicted octanol–water partition coefficient (Wildman–Crippen LogP) is 6.07. The fourth-order valence-corrected chi connectivity index (χ4v) is 8.99. The zero-order chi connectivity index (χ0) is 38.7. The van der Waals surface area contributed by atoms with Crippen LogP contribution in [-0.4, -0.2) is 93.2 Å². The van der Waals surface area contributed by atoms with Crippen molar-refractivity contribution in [3.63, 3.8) is 0 Å². The number of hydrogen-bond acceptors (Lipinski definition) is 12. The standard InChI is InChI=1S/C39H53N3O9S2/c1-8-11-25-34(45)22(2)12-9-15-39(6)31(51-39)19-27(24-13-14-28-26(18-24)41-23(3)53-28)49-33(44)21-30(38(4,5)35(25)46)50-37(48)40-16-10-17-42-32(43)20-29(52-7)36(42)47/h8,13-14,18,22,25,27,29-31,34,45H,1,9-12,15-17,19-21H2,2-7H3,(H,40,48)/t22-,25+,27-,29?,30-,31?,34-,39?/m0/s1. The molecule has 0 spiro atoms. The van der Waals surface area contributed by atoms with Crippen LogP contribution in [0.4, 0.5) is 4.79 Å². The number of ether oxygens (including phenoxy) is 3. The summed E-state index contributed by atoms with van der Waals surface area (Å²) in [6.07, 6.45) is 2.22. The largest absolute Gasteiger partial charge is 0.457 e. The van der Waals surface area contributed by atoms with Gasteiger partial charge >= 0.3 is 12.1 Å². The minimum absolute atomic E-state index is 0.0848. The Hall–Kier alpha value is -3.33. The van der Waals surface area contributed by atoms with Crippen LogP contribution in [0.1, 0.15) is 95.7 Å². The number of likely N-dealkylation sites (tertiary alicyclic amines) is 1. The molecule has 3 aliphatic rings. The first-order valence-electron chi connectivity index (χ1n) is 18.5. The highest BCUT2D eigenvalue weighted by Crippen LogP contribution is 2.47. The van der Waals surface area contributed by atoms with Gasteiger partial charge in [0.2, 0.25) is 11.8 Å². The zero-order valence-electron chi connectivity index (χ0n) is 31.6. The van der Waals surface area contributed by atoms with Crippen LogP contribution >= 0.6 is 23.1 Å². The van der Waals surface area contributed by atoms with Crippen LogP contribution in [-0.2, 0) is 33.4 Å². The fraction of sp³-hybridized carbons (Fsp3) is 0.641. The third-order valence-corrected chi connectivity index (χ3v) is 13.0. The summed E-state index contributed by atoms with van der Waals surface area (Å²) in [6.45, 7) is 13.2. The summed E-state index contributed by atoms with van der Waals surface area (Å²) >= 11 is 2.91. The molecule has 0 bridgehead atoms. The van der Waals surface area contributed by atoms with Crippen LogP contribution in [0.15, 0.2) is 30.9 Å². The zero-order valence-corrected chi connectivity index (χ0v) is 33.2. The number of alkyl carbamates (subject to hydrolysis) is 1. The summed E-state index contributed by atoms with van der Waals surface area (Å²) in [7, 11) is 0. The molecular weight excluding hydrogens is 719 g/mol. The van der Waals surface area contributed by atoms with Crippen LogP contribution in [0.5, 0.6) is 0 Å². The van der Waals surface area contributed by atoms with E-state index in [9.17, 15) is 29.1 Å². The molecule has 2 aromatic rings. The second kappa shape index (κ2) is 17.0. The molecule has 5 rings (SSSR count). The number of aliphatic hydroxyl groups is 1. The number of benzene rings is 1. The highest BCUT2D eigenvalue weighted by Gasteiger charge is 2.53. The molecule has 3 amide bonds. The maximum absolute atomic E-state index is 14.4. The second-order valence-corrected chi connectivity index (χ2v) is 17.6. The number of nitrogens with zero attached hydrogens (tertiary/aromatic N) is 2. The van der Waals surface area contributed by atoms with E-state index in [1.165, 1.54) is 16.7 Å². The van der Waals surface area contributed by atoms with E-state index in [-0.39, 0.29) is 55.6 Å². The quantitative estimate of drug-likeness (QED) is 0.1000. The van der Waals surface area contributed by atoms with Crippen molar-refractivity contribution in [2.45, 2.75) is 121 Å². The fourth-order valence-electron chi connectivity index (χ4n) is 7.55. The van der Waals surface area contributed by atoms with Crippen molar-refractivity contribution in [3.05, 3.63) is 41.4 Å². The molecule has 290 valence electrons. The molecule has 4 heterocycles. The summed E-state index contributed by atoms with van der Waals surface area (Å²) in [5, 5.41) is 14.7. The smallest absolute Gasteiger partial charge is 0.407 e. The number of hydrogen-bond donors (Lipinski definition) is 2. The molecule has 14 heteroatoms. The maximum Gasteiger partial charge on any atom is 0.407 e. The van der Waals surface area contributed by atoms with Gasteiger partial charge in [-0.3, -0.25) is 24.1 Å². The minimum Gasteiger partial charge on any atom is -0.457 e. The van der Waals surface area contributed by atoms with Gasteiger partial charge in [-0.2, -0.15) is 11.8 Å². The Kier molecular flexibility index (Phi) is 13.1. The van der Waals surface area contributed by atoms with Gasteiger partial charge in [-0.15, -0.1) is 17.9 Å². The number of amides is 3. The van der Waals surface area contributed by atoms with Gasteiger partial charge in [-0.25, -0.2) is 9.78 Å². The van der Waals surface area contributed by atoms with Crippen molar-refractivity contribution < 1.29 is 43.3 Å². The number of fused-ring (bicyclic) bond motifs is 2. The number of ketones is 1. The van der Waals surface area contributed by atoms with E-state index in [0.29, 0.717) is 19.3 Å². The number of carbonyl (C=O) groups excluding carboxylic acids is 5. The van der Waals surface area contributed by atoms with Crippen molar-refractivity contribution in [2.24, 2.45) is 17.3 Å². The number of nitrogens with one attached hydrogen (secondary N) is 1. The van der Waals surface area contributed by atoms with E-state index in [1.807, 2.05) is 39.0 Å². The van der Waals surface area contributed by atoms with E-state index < -0.39 is 59.0 Å². The lowest BCUT2D eigenvalue weighted by molar-refractivity contribution is -0.156. The summed E-state index contributed by atoms with van der Waals surface area (Å²) < 4.78 is 19.3. The molecule has 53 heavy (non-hydrogen) atoms. The molecule has 1 aromatic carbocycles. The van der Waals surface area contributed by atoms with Gasteiger partial charge in [0.25, 0.3) is 0 Å². The number of cyclic esters (lactones) is 1. The number of imide groups is 1. The lowest BCUT2D eigenvalue weighted by Crippen LogP contribution is -2.49. The summed E-state index contributed by atoms with van der Waals surface area (Å²) in [4.78, 5) is 72.2. The van der Waals surface area contributed by atoms with E-state index in [0.717, 1.165) is 33.6 Å². The molecule has 0 aliphatic carbocycles. The van der Waals surface area contributed by atoms with Crippen LogP contribution in [0.25, 0.3) is 10.2 Å². The molecule has 3 fully saturated rings. The number of esters is 1. The molecule has 3 aliphatic heterocycles. The van der Waals surface area contributed by atoms with Gasteiger partial charge in [-0.1, -0.05) is 25.5 Å². The van der Waals surface area contributed by atoms with Gasteiger partial charge in [0.05, 0.1) is 50.1 Å². The number of epoxide rings is 1. The Morgan fingerprint density at radius 2 is 1.98 bits per heavy atom. The molecular formula is C39H53N3O9S2. The number of carbonyl (C=O) groups is 5. The SMILES string of the molecule is C=CC[C@H]1C(=O)C(C)(C)[C@@H](OC(=O)NCCCN2C(=O)CC(SC)C2=O)CC(=O)O[C@H](c2ccc3sc(C)nc3c2)CC2OC2(C)CCC[C@H](C)[C@@H]1O. The van der Waals surface area contributed by atoms with Crippen molar-refractivity contribution in [2.75, 3.05) is 19.3 Å². The molecule has 3 saturated heterocycles.